The molecule has 0 saturated carbocycles. The molecule has 1 N–H and O–H groups in total. The Morgan fingerprint density at radius 2 is 2.19 bits per heavy atom. The number of ether oxygens (including phenoxy) is 1. The Morgan fingerprint density at radius 1 is 1.38 bits per heavy atom. The summed E-state index contributed by atoms with van der Waals surface area (Å²) in [6.45, 7) is 6.12. The lowest BCUT2D eigenvalue weighted by Crippen LogP contribution is -2.31. The molecule has 0 aromatic heterocycles. The van der Waals surface area contributed by atoms with E-state index in [9.17, 15) is 0 Å². The number of rotatable bonds is 7. The summed E-state index contributed by atoms with van der Waals surface area (Å²) in [6, 6.07) is 7.57. The molecule has 0 saturated heterocycles. The minimum absolute atomic E-state index is 0.225. The number of halogens is 1. The van der Waals surface area contributed by atoms with Crippen LogP contribution in [-0.2, 0) is 0 Å². The molecule has 1 rings (SSSR count). The van der Waals surface area contributed by atoms with Crippen LogP contribution >= 0.6 is 11.6 Å². The first kappa shape index (κ1) is 13.3. The normalized spacial score (nSPS) is 12.4. The van der Waals surface area contributed by atoms with E-state index < -0.39 is 0 Å². The largest absolute Gasteiger partial charge is 0.489 e. The van der Waals surface area contributed by atoms with Crippen LogP contribution in [0, 0.1) is 0 Å². The van der Waals surface area contributed by atoms with Gasteiger partial charge in [0.25, 0.3) is 0 Å². The molecular weight excluding hydrogens is 222 g/mol. The van der Waals surface area contributed by atoms with Crippen LogP contribution in [0.25, 0.3) is 0 Å². The highest BCUT2D eigenvalue weighted by molar-refractivity contribution is 6.30. The Balaban J connectivity index is 2.52. The quantitative estimate of drug-likeness (QED) is 0.789. The molecule has 1 aromatic rings. The first-order valence-electron chi connectivity index (χ1n) is 5.89. The molecule has 0 heterocycles. The van der Waals surface area contributed by atoms with Crippen molar-refractivity contribution in [1.82, 2.24) is 5.32 Å². The van der Waals surface area contributed by atoms with Gasteiger partial charge in [0.15, 0.2) is 0 Å². The van der Waals surface area contributed by atoms with Gasteiger partial charge in [0.1, 0.15) is 11.9 Å². The fourth-order valence-electron chi connectivity index (χ4n) is 1.56. The minimum atomic E-state index is 0.225. The summed E-state index contributed by atoms with van der Waals surface area (Å²) in [5.74, 6) is 0.851. The van der Waals surface area contributed by atoms with Crippen molar-refractivity contribution in [1.29, 1.82) is 0 Å². The summed E-state index contributed by atoms with van der Waals surface area (Å²) in [4.78, 5) is 0. The highest BCUT2D eigenvalue weighted by Gasteiger charge is 2.08. The van der Waals surface area contributed by atoms with Gasteiger partial charge in [-0.25, -0.2) is 0 Å². The van der Waals surface area contributed by atoms with E-state index >= 15 is 0 Å². The van der Waals surface area contributed by atoms with Crippen molar-refractivity contribution in [3.05, 3.63) is 29.3 Å². The minimum Gasteiger partial charge on any atom is -0.489 e. The number of hydrogen-bond acceptors (Lipinski definition) is 2. The Kier molecular flexibility index (Phi) is 6.27. The molecule has 2 nitrogen and oxygen atoms in total. The second-order valence-corrected chi connectivity index (χ2v) is 4.23. The maximum absolute atomic E-state index is 5.91. The number of benzene rings is 1. The summed E-state index contributed by atoms with van der Waals surface area (Å²) in [5, 5.41) is 4.03. The standard InChI is InChI=1S/C13H20ClNO/c1-3-6-13(10-15-4-2)16-12-8-5-7-11(14)9-12/h5,7-9,13,15H,3-4,6,10H2,1-2H3. The molecule has 1 atom stereocenters. The fraction of sp³-hybridized carbons (Fsp3) is 0.538. The summed E-state index contributed by atoms with van der Waals surface area (Å²) in [6.07, 6.45) is 2.40. The fourth-order valence-corrected chi connectivity index (χ4v) is 1.74. The maximum atomic E-state index is 5.91. The lowest BCUT2D eigenvalue weighted by Gasteiger charge is -2.19. The third-order valence-electron chi connectivity index (χ3n) is 2.33. The zero-order valence-electron chi connectivity index (χ0n) is 10.0. The van der Waals surface area contributed by atoms with Crippen molar-refractivity contribution < 1.29 is 4.74 Å². The molecule has 0 aliphatic carbocycles. The third-order valence-corrected chi connectivity index (χ3v) is 2.57. The molecular formula is C13H20ClNO. The van der Waals surface area contributed by atoms with Gasteiger partial charge in [0, 0.05) is 11.6 Å². The molecule has 1 unspecified atom stereocenters. The maximum Gasteiger partial charge on any atom is 0.121 e. The van der Waals surface area contributed by atoms with E-state index in [2.05, 4.69) is 19.2 Å². The van der Waals surface area contributed by atoms with E-state index in [0.717, 1.165) is 36.7 Å². The van der Waals surface area contributed by atoms with Gasteiger partial charge in [-0.15, -0.1) is 0 Å². The molecule has 0 bridgehead atoms. The van der Waals surface area contributed by atoms with E-state index in [1.54, 1.807) is 0 Å². The Labute approximate surface area is 103 Å². The van der Waals surface area contributed by atoms with Gasteiger partial charge in [0.05, 0.1) is 0 Å². The van der Waals surface area contributed by atoms with Gasteiger partial charge in [-0.3, -0.25) is 0 Å². The Morgan fingerprint density at radius 3 is 2.81 bits per heavy atom. The molecule has 16 heavy (non-hydrogen) atoms. The van der Waals surface area contributed by atoms with Gasteiger partial charge >= 0.3 is 0 Å². The van der Waals surface area contributed by atoms with Crippen molar-refractivity contribution in [2.75, 3.05) is 13.1 Å². The molecule has 1 aromatic carbocycles. The molecule has 3 heteroatoms. The molecule has 0 aliphatic rings. The number of hydrogen-bond donors (Lipinski definition) is 1. The van der Waals surface area contributed by atoms with Crippen LogP contribution in [0.1, 0.15) is 26.7 Å². The Bertz CT molecular complexity index is 304. The second kappa shape index (κ2) is 7.53. The molecule has 0 fully saturated rings. The average Bonchev–Trinajstić information content (AvgIpc) is 2.26. The first-order valence-corrected chi connectivity index (χ1v) is 6.27. The van der Waals surface area contributed by atoms with Crippen LogP contribution in [0.3, 0.4) is 0 Å². The topological polar surface area (TPSA) is 21.3 Å². The smallest absolute Gasteiger partial charge is 0.121 e. The molecule has 0 aliphatic heterocycles. The summed E-state index contributed by atoms with van der Waals surface area (Å²) >= 11 is 5.91. The second-order valence-electron chi connectivity index (χ2n) is 3.79. The zero-order valence-corrected chi connectivity index (χ0v) is 10.8. The number of likely N-dealkylation sites (N-methyl/N-ethyl adjacent to an activating group) is 1. The van der Waals surface area contributed by atoms with Gasteiger partial charge in [0.2, 0.25) is 0 Å². The van der Waals surface area contributed by atoms with Gasteiger partial charge in [-0.2, -0.15) is 0 Å². The predicted molar refractivity (Wildman–Crippen MR) is 69.3 cm³/mol. The lowest BCUT2D eigenvalue weighted by molar-refractivity contribution is 0.187. The highest BCUT2D eigenvalue weighted by atomic mass is 35.5. The summed E-state index contributed by atoms with van der Waals surface area (Å²) < 4.78 is 5.89. The van der Waals surface area contributed by atoms with Crippen LogP contribution < -0.4 is 10.1 Å². The molecule has 0 amide bonds. The van der Waals surface area contributed by atoms with Crippen molar-refractivity contribution in [2.45, 2.75) is 32.8 Å². The highest BCUT2D eigenvalue weighted by Crippen LogP contribution is 2.19. The summed E-state index contributed by atoms with van der Waals surface area (Å²) in [5.41, 5.74) is 0. The van der Waals surface area contributed by atoms with Crippen molar-refractivity contribution in [2.24, 2.45) is 0 Å². The number of nitrogens with one attached hydrogen (secondary N) is 1. The zero-order chi connectivity index (χ0) is 11.8. The average molecular weight is 242 g/mol. The van der Waals surface area contributed by atoms with E-state index in [4.69, 9.17) is 16.3 Å². The summed E-state index contributed by atoms with van der Waals surface area (Å²) in [7, 11) is 0. The Hall–Kier alpha value is -0.730. The van der Waals surface area contributed by atoms with Gasteiger partial charge in [-0.05, 0) is 31.2 Å². The van der Waals surface area contributed by atoms with Crippen LogP contribution in [0.5, 0.6) is 5.75 Å². The predicted octanol–water partition coefficient (Wildman–Crippen LogP) is 3.50. The first-order chi connectivity index (χ1) is 7.76. The van der Waals surface area contributed by atoms with Gasteiger partial charge < -0.3 is 10.1 Å². The van der Waals surface area contributed by atoms with Gasteiger partial charge in [-0.1, -0.05) is 37.9 Å². The monoisotopic (exact) mass is 241 g/mol. The lowest BCUT2D eigenvalue weighted by atomic mass is 10.2. The molecule has 0 spiro atoms. The molecule has 0 radical (unpaired) electrons. The van der Waals surface area contributed by atoms with Crippen LogP contribution in [0.15, 0.2) is 24.3 Å². The van der Waals surface area contributed by atoms with E-state index in [1.807, 2.05) is 24.3 Å². The van der Waals surface area contributed by atoms with Crippen LogP contribution in [0.4, 0.5) is 0 Å². The third kappa shape index (κ3) is 4.86. The van der Waals surface area contributed by atoms with E-state index in [1.165, 1.54) is 0 Å². The van der Waals surface area contributed by atoms with Crippen LogP contribution in [0.2, 0.25) is 5.02 Å². The SMILES string of the molecule is CCCC(CNCC)Oc1cccc(Cl)c1. The van der Waals surface area contributed by atoms with E-state index in [0.29, 0.717) is 0 Å². The van der Waals surface area contributed by atoms with E-state index in [-0.39, 0.29) is 6.10 Å². The van der Waals surface area contributed by atoms with Crippen molar-refractivity contribution in [3.8, 4) is 5.75 Å². The van der Waals surface area contributed by atoms with Crippen molar-refractivity contribution >= 4 is 11.6 Å². The van der Waals surface area contributed by atoms with Crippen LogP contribution in [-0.4, -0.2) is 19.2 Å². The van der Waals surface area contributed by atoms with Crippen molar-refractivity contribution in [3.63, 3.8) is 0 Å². The molecule has 90 valence electrons.